The molecule has 0 radical (unpaired) electrons. The summed E-state index contributed by atoms with van der Waals surface area (Å²) in [4.78, 5) is 16.2. The molecular formula is C19H19N3O2. The Kier molecular flexibility index (Phi) is 5.03. The largest absolute Gasteiger partial charge is 0.388 e. The van der Waals surface area contributed by atoms with Crippen LogP contribution < -0.4 is 5.32 Å². The number of carbonyl (C=O) groups is 1. The molecule has 1 heterocycles. The predicted molar refractivity (Wildman–Crippen MR) is 91.4 cm³/mol. The van der Waals surface area contributed by atoms with Crippen LogP contribution in [0.25, 0.3) is 5.69 Å². The van der Waals surface area contributed by atoms with E-state index in [1.165, 1.54) is 0 Å². The van der Waals surface area contributed by atoms with Gasteiger partial charge in [0.2, 0.25) is 5.91 Å². The molecule has 24 heavy (non-hydrogen) atoms. The summed E-state index contributed by atoms with van der Waals surface area (Å²) in [6.07, 6.45) is 4.54. The average molecular weight is 321 g/mol. The lowest BCUT2D eigenvalue weighted by Crippen LogP contribution is -2.25. The predicted octanol–water partition coefficient (Wildman–Crippen LogP) is 2.61. The van der Waals surface area contributed by atoms with Crippen LogP contribution in [-0.4, -0.2) is 20.6 Å². The average Bonchev–Trinajstić information content (AvgIpc) is 3.15. The molecule has 0 fully saturated rings. The molecule has 0 aliphatic rings. The molecule has 122 valence electrons. The molecule has 2 N–H and O–H groups in total. The van der Waals surface area contributed by atoms with Crippen molar-refractivity contribution in [1.29, 1.82) is 0 Å². The molecule has 0 aliphatic carbocycles. The first-order valence-corrected chi connectivity index (χ1v) is 7.80. The van der Waals surface area contributed by atoms with Gasteiger partial charge in [0, 0.05) is 18.9 Å². The van der Waals surface area contributed by atoms with Gasteiger partial charge in [-0.3, -0.25) is 4.79 Å². The van der Waals surface area contributed by atoms with E-state index in [9.17, 15) is 9.90 Å². The highest BCUT2D eigenvalue weighted by Gasteiger charge is 2.13. The van der Waals surface area contributed by atoms with Crippen molar-refractivity contribution in [2.45, 2.75) is 19.1 Å². The van der Waals surface area contributed by atoms with E-state index in [0.29, 0.717) is 6.54 Å². The maximum absolute atomic E-state index is 12.1. The third kappa shape index (κ3) is 3.88. The number of nitrogens with one attached hydrogen (secondary N) is 1. The number of hydrogen-bond acceptors (Lipinski definition) is 3. The standard InChI is InChI=1S/C19H19N3O2/c23-18(15-6-2-1-3-7-15)12-19(24)21-13-16-8-4-5-9-17(16)22-11-10-20-14-22/h1-11,14,18,23H,12-13H2,(H,21,24). The number of benzene rings is 2. The Bertz CT molecular complexity index is 785. The summed E-state index contributed by atoms with van der Waals surface area (Å²) in [6.45, 7) is 0.398. The van der Waals surface area contributed by atoms with E-state index in [1.807, 2.05) is 65.4 Å². The van der Waals surface area contributed by atoms with E-state index in [2.05, 4.69) is 10.3 Å². The Morgan fingerprint density at radius 2 is 1.88 bits per heavy atom. The molecule has 3 rings (SSSR count). The van der Waals surface area contributed by atoms with Crippen LogP contribution in [0.2, 0.25) is 0 Å². The monoisotopic (exact) mass is 321 g/mol. The highest BCUT2D eigenvalue weighted by atomic mass is 16.3. The number of rotatable bonds is 6. The Morgan fingerprint density at radius 1 is 1.12 bits per heavy atom. The minimum absolute atomic E-state index is 0.0389. The fraction of sp³-hybridized carbons (Fsp3) is 0.158. The molecule has 3 aromatic rings. The summed E-state index contributed by atoms with van der Waals surface area (Å²) in [5.41, 5.74) is 2.70. The summed E-state index contributed by atoms with van der Waals surface area (Å²) in [7, 11) is 0. The third-order valence-corrected chi connectivity index (χ3v) is 3.81. The Hall–Kier alpha value is -2.92. The zero-order valence-electron chi connectivity index (χ0n) is 13.2. The highest BCUT2D eigenvalue weighted by molar-refractivity contribution is 5.76. The Labute approximate surface area is 140 Å². The molecule has 0 saturated carbocycles. The molecule has 2 aromatic carbocycles. The molecule has 1 aromatic heterocycles. The van der Waals surface area contributed by atoms with Crippen LogP contribution in [0.3, 0.4) is 0 Å². The smallest absolute Gasteiger partial charge is 0.223 e. The minimum Gasteiger partial charge on any atom is -0.388 e. The van der Waals surface area contributed by atoms with E-state index in [1.54, 1.807) is 12.5 Å². The van der Waals surface area contributed by atoms with Crippen molar-refractivity contribution in [3.63, 3.8) is 0 Å². The number of nitrogens with zero attached hydrogens (tertiary/aromatic N) is 2. The van der Waals surface area contributed by atoms with Crippen molar-refractivity contribution in [1.82, 2.24) is 14.9 Å². The van der Waals surface area contributed by atoms with Gasteiger partial charge in [0.05, 0.1) is 24.5 Å². The third-order valence-electron chi connectivity index (χ3n) is 3.81. The van der Waals surface area contributed by atoms with Crippen molar-refractivity contribution >= 4 is 5.91 Å². The van der Waals surface area contributed by atoms with Gasteiger partial charge >= 0.3 is 0 Å². The fourth-order valence-corrected chi connectivity index (χ4v) is 2.55. The Balaban J connectivity index is 1.61. The van der Waals surface area contributed by atoms with Crippen LogP contribution in [0.4, 0.5) is 0 Å². The zero-order valence-corrected chi connectivity index (χ0v) is 13.2. The first-order valence-electron chi connectivity index (χ1n) is 7.80. The van der Waals surface area contributed by atoms with Crippen LogP contribution in [0, 0.1) is 0 Å². The van der Waals surface area contributed by atoms with E-state index in [4.69, 9.17) is 0 Å². The van der Waals surface area contributed by atoms with Gasteiger partial charge in [0.25, 0.3) is 0 Å². The summed E-state index contributed by atoms with van der Waals surface area (Å²) in [5, 5.41) is 13.0. The number of para-hydroxylation sites is 1. The van der Waals surface area contributed by atoms with Crippen molar-refractivity contribution in [2.75, 3.05) is 0 Å². The quantitative estimate of drug-likeness (QED) is 0.733. The lowest BCUT2D eigenvalue weighted by molar-refractivity contribution is -0.123. The summed E-state index contributed by atoms with van der Waals surface area (Å²) < 4.78 is 1.90. The molecule has 1 amide bonds. The molecule has 1 atom stereocenters. The number of carbonyl (C=O) groups excluding carboxylic acids is 1. The number of amides is 1. The highest BCUT2D eigenvalue weighted by Crippen LogP contribution is 2.17. The van der Waals surface area contributed by atoms with E-state index in [-0.39, 0.29) is 12.3 Å². The molecule has 0 aliphatic heterocycles. The van der Waals surface area contributed by atoms with Gasteiger partial charge in [-0.1, -0.05) is 48.5 Å². The first-order chi connectivity index (χ1) is 11.7. The number of hydrogen-bond donors (Lipinski definition) is 2. The molecule has 0 spiro atoms. The van der Waals surface area contributed by atoms with Crippen LogP contribution >= 0.6 is 0 Å². The van der Waals surface area contributed by atoms with E-state index < -0.39 is 6.10 Å². The molecular weight excluding hydrogens is 302 g/mol. The lowest BCUT2D eigenvalue weighted by Gasteiger charge is -2.13. The van der Waals surface area contributed by atoms with Crippen LogP contribution in [0.15, 0.2) is 73.3 Å². The van der Waals surface area contributed by atoms with Gasteiger partial charge < -0.3 is 15.0 Å². The fourth-order valence-electron chi connectivity index (χ4n) is 2.55. The second-order valence-corrected chi connectivity index (χ2v) is 5.51. The summed E-state index contributed by atoms with van der Waals surface area (Å²) >= 11 is 0. The van der Waals surface area contributed by atoms with Crippen molar-refractivity contribution in [3.05, 3.63) is 84.4 Å². The second kappa shape index (κ2) is 7.57. The van der Waals surface area contributed by atoms with Gasteiger partial charge in [-0.05, 0) is 17.2 Å². The molecule has 0 bridgehead atoms. The van der Waals surface area contributed by atoms with Crippen molar-refractivity contribution in [2.24, 2.45) is 0 Å². The van der Waals surface area contributed by atoms with E-state index in [0.717, 1.165) is 16.8 Å². The molecule has 5 heteroatoms. The number of aliphatic hydroxyl groups is 1. The maximum atomic E-state index is 12.1. The molecule has 5 nitrogen and oxygen atoms in total. The minimum atomic E-state index is -0.796. The molecule has 1 unspecified atom stereocenters. The van der Waals surface area contributed by atoms with Gasteiger partial charge in [-0.25, -0.2) is 4.98 Å². The van der Waals surface area contributed by atoms with Crippen molar-refractivity contribution < 1.29 is 9.90 Å². The topological polar surface area (TPSA) is 67.2 Å². The lowest BCUT2D eigenvalue weighted by atomic mass is 10.1. The first kappa shape index (κ1) is 16.0. The van der Waals surface area contributed by atoms with Gasteiger partial charge in [0.15, 0.2) is 0 Å². The second-order valence-electron chi connectivity index (χ2n) is 5.51. The van der Waals surface area contributed by atoms with Crippen LogP contribution in [-0.2, 0) is 11.3 Å². The van der Waals surface area contributed by atoms with E-state index >= 15 is 0 Å². The number of imidazole rings is 1. The van der Waals surface area contributed by atoms with Crippen LogP contribution in [0.1, 0.15) is 23.7 Å². The van der Waals surface area contributed by atoms with Gasteiger partial charge in [0.1, 0.15) is 0 Å². The SMILES string of the molecule is O=C(CC(O)c1ccccc1)NCc1ccccc1-n1ccnc1. The zero-order chi connectivity index (χ0) is 16.8. The molecule has 0 saturated heterocycles. The van der Waals surface area contributed by atoms with Crippen molar-refractivity contribution in [3.8, 4) is 5.69 Å². The normalized spacial score (nSPS) is 11.9. The number of aliphatic hydroxyl groups excluding tert-OH is 1. The van der Waals surface area contributed by atoms with Gasteiger partial charge in [-0.15, -0.1) is 0 Å². The Morgan fingerprint density at radius 3 is 2.62 bits per heavy atom. The summed E-state index contributed by atoms with van der Waals surface area (Å²) in [6, 6.07) is 17.0. The number of aromatic nitrogens is 2. The van der Waals surface area contributed by atoms with Crippen LogP contribution in [0.5, 0.6) is 0 Å². The summed E-state index contributed by atoms with van der Waals surface area (Å²) in [5.74, 6) is -0.188. The van der Waals surface area contributed by atoms with Gasteiger partial charge in [-0.2, -0.15) is 0 Å². The maximum Gasteiger partial charge on any atom is 0.223 e.